The number of carboxylic acids is 4. The number of carboxylic acid groups (broad SMARTS) is 4. The second kappa shape index (κ2) is 37.3. The molecule has 11 aromatic carbocycles. The van der Waals surface area contributed by atoms with Crippen molar-refractivity contribution in [3.8, 4) is 89.5 Å². The molecule has 4 aromatic heterocycles. The molecular weight excluding hydrogens is 1910 g/mol. The number of fused-ring (bicyclic) bond motifs is 8. The summed E-state index contributed by atoms with van der Waals surface area (Å²) >= 11 is 26.6. The van der Waals surface area contributed by atoms with Crippen molar-refractivity contribution in [3.63, 3.8) is 0 Å². The van der Waals surface area contributed by atoms with Crippen LogP contribution in [0.15, 0.2) is 280 Å². The number of aryl methyl sites for hydroxylation is 2. The van der Waals surface area contributed by atoms with Gasteiger partial charge in [0.1, 0.15) is 22.9 Å². The number of nitrogens with one attached hydrogen (secondary N) is 4. The number of aromatic carboxylic acids is 3. The van der Waals surface area contributed by atoms with Crippen LogP contribution in [0.5, 0.6) is 11.5 Å². The van der Waals surface area contributed by atoms with Crippen molar-refractivity contribution in [1.29, 1.82) is 0 Å². The van der Waals surface area contributed by atoms with Gasteiger partial charge in [0.05, 0.1) is 98.1 Å². The van der Waals surface area contributed by atoms with Crippen LogP contribution in [-0.2, 0) is 56.8 Å². The average Bonchev–Trinajstić information content (AvgIpc) is 1.53. The van der Waals surface area contributed by atoms with Crippen LogP contribution in [0.3, 0.4) is 0 Å². The van der Waals surface area contributed by atoms with Gasteiger partial charge >= 0.3 is 23.9 Å². The zero-order valence-corrected chi connectivity index (χ0v) is 80.7. The second-order valence-corrected chi connectivity index (χ2v) is 39.1. The first kappa shape index (κ1) is 94.5. The van der Waals surface area contributed by atoms with Gasteiger partial charge in [0, 0.05) is 136 Å². The molecule has 5 fully saturated rings. The minimum atomic E-state index is -1.07. The van der Waals surface area contributed by atoms with Gasteiger partial charge in [0.2, 0.25) is 23.6 Å². The van der Waals surface area contributed by atoms with Gasteiger partial charge in [-0.1, -0.05) is 150 Å². The number of carbonyl (C=O) groups is 8. The summed E-state index contributed by atoms with van der Waals surface area (Å²) in [5, 5.41) is 52.0. The lowest BCUT2D eigenvalue weighted by molar-refractivity contribution is -0.136. The second-order valence-electron chi connectivity index (χ2n) is 37.5. The van der Waals surface area contributed by atoms with Crippen molar-refractivity contribution < 1.29 is 77.4 Å². The number of hydrogen-bond acceptors (Lipinski definition) is 16. The number of hydrogen-bond donors (Lipinski definition) is 8. The smallest absolute Gasteiger partial charge is 0.339 e. The molecule has 1 saturated heterocycles. The first-order valence-electron chi connectivity index (χ1n) is 46.6. The largest absolute Gasteiger partial charge is 0.496 e. The zero-order valence-electron chi connectivity index (χ0n) is 77.6. The van der Waals surface area contributed by atoms with Crippen molar-refractivity contribution in [2.24, 2.45) is 0 Å². The molecule has 5 aliphatic heterocycles. The number of morpholine rings is 1. The SMILES string of the molecule is COc1ccc(C2CC23C(=O)Nc2cc(Cl)c(-c4ccc(-c5ccncc5)cc4)cc23)cc1C(=O)O.COc1ccc(C2CC23C(=O)Nc2cc(Cl)c(-c4ccc(-c5ccncc5)cc4)cc23)cc1CC(=O)O.Cc1ccc(C2CC23C(=O)Nc2cc(Cl)c(-c4ccc(-c5ccncc5)cn4)cc23)cc1C(=O)O.Cc1ccc(C2CC23C(=O)Nc2cc(Cl)c(-c4ccc(N5CCOCC5)c(F)c4)cc23)cc1C(=O)O. The molecule has 29 heteroatoms. The van der Waals surface area contributed by atoms with Crippen LogP contribution in [-0.4, -0.2) is 128 Å². The van der Waals surface area contributed by atoms with E-state index in [1.165, 1.54) is 20.3 Å². The van der Waals surface area contributed by atoms with Crippen LogP contribution in [0.25, 0.3) is 78.0 Å². The van der Waals surface area contributed by atoms with Gasteiger partial charge in [-0.05, 0) is 273 Å². The third kappa shape index (κ3) is 16.8. The third-order valence-electron chi connectivity index (χ3n) is 29.6. The van der Waals surface area contributed by atoms with E-state index in [1.54, 1.807) is 118 Å². The fourth-order valence-corrected chi connectivity index (χ4v) is 22.8. The molecule has 8 N–H and O–H groups in total. The van der Waals surface area contributed by atoms with Crippen LogP contribution in [0.4, 0.5) is 32.8 Å². The number of aromatic nitrogens is 4. The maximum atomic E-state index is 15.1. The predicted molar refractivity (Wildman–Crippen MR) is 549 cm³/mol. The predicted octanol–water partition coefficient (Wildman–Crippen LogP) is 23.5. The molecule has 718 valence electrons. The monoisotopic (exact) mass is 1990 g/mol. The minimum Gasteiger partial charge on any atom is -0.496 e. The molecule has 24 rings (SSSR count). The highest BCUT2D eigenvalue weighted by Crippen LogP contribution is 2.70. The maximum Gasteiger partial charge on any atom is 0.339 e. The molecule has 4 spiro atoms. The van der Waals surface area contributed by atoms with E-state index in [4.69, 9.17) is 60.6 Å². The molecule has 144 heavy (non-hydrogen) atoms. The van der Waals surface area contributed by atoms with E-state index in [9.17, 15) is 58.8 Å². The first-order valence-corrected chi connectivity index (χ1v) is 48.1. The standard InChI is InChI=1S/C30H23ClN2O4.C29H21ClN2O4.C28H24ClFN2O4.C28H20ClN3O3/c1-37-27-7-6-20(12-21(27)13-28(34)35)24-16-30(24)23-14-22(25(31)15-26(23)33-29(30)36)19-4-2-17(3-5-19)18-8-10-32-11-9-18;1-36-26-7-6-19(12-21(26)27(33)34)23-15-29(23)22-13-20(24(30)14-25(22)32-28(29)35)18-4-2-16(3-5-18)17-8-10-31-11-9-17;1-15-2-3-17(10-18(15)26(33)34)21-14-28(21)20-12-19(22(29)13-24(20)31-27(28)35)16-4-5-25(23(30)11-16)32-6-8-36-9-7-32;1-15-2-3-17(10-19(15)26(33)34)22-13-28(22)21-11-20(23(29)12-25(21)32-27(28)35)24-5-4-18(14-31-24)16-6-8-30-9-7-16/h2-12,14-15,24H,13,16H2,1H3,(H,33,36)(H,34,35);2-14,23H,15H2,1H3,(H,32,35)(H,33,34);2-5,10-13,21H,6-9,14H2,1H3,(H,31,35)(H,33,34);2-12,14,22H,13H2,1H3,(H,32,35)(H,33,34). The Morgan fingerprint density at radius 2 is 0.722 bits per heavy atom. The van der Waals surface area contributed by atoms with E-state index < -0.39 is 45.5 Å². The minimum absolute atomic E-state index is 0.0515. The Labute approximate surface area is 845 Å². The lowest BCUT2D eigenvalue weighted by Crippen LogP contribution is -2.36. The van der Waals surface area contributed by atoms with Gasteiger partial charge in [0.25, 0.3) is 0 Å². The molecule has 4 saturated carbocycles. The number of halogens is 5. The Hall–Kier alpha value is -15.8. The Morgan fingerprint density at radius 1 is 0.389 bits per heavy atom. The van der Waals surface area contributed by atoms with Gasteiger partial charge in [-0.25, -0.2) is 18.8 Å². The third-order valence-corrected chi connectivity index (χ3v) is 30.8. The van der Waals surface area contributed by atoms with Crippen LogP contribution in [0.1, 0.15) is 142 Å². The van der Waals surface area contributed by atoms with Crippen LogP contribution in [0.2, 0.25) is 20.1 Å². The molecule has 15 aromatic rings. The van der Waals surface area contributed by atoms with Crippen molar-refractivity contribution >= 4 is 122 Å². The van der Waals surface area contributed by atoms with Crippen molar-refractivity contribution in [2.75, 3.05) is 66.7 Å². The first-order chi connectivity index (χ1) is 69.5. The molecule has 9 aliphatic rings. The lowest BCUT2D eigenvalue weighted by Gasteiger charge is -2.29. The van der Waals surface area contributed by atoms with Gasteiger partial charge in [-0.2, -0.15) is 0 Å². The van der Waals surface area contributed by atoms with Gasteiger partial charge in [-0.3, -0.25) is 43.9 Å². The molecule has 24 nitrogen and oxygen atoms in total. The van der Waals surface area contributed by atoms with E-state index in [2.05, 4.69) is 53.3 Å². The highest BCUT2D eigenvalue weighted by molar-refractivity contribution is 6.36. The number of benzene rings is 11. The molecule has 9 heterocycles. The van der Waals surface area contributed by atoms with Gasteiger partial charge in [-0.15, -0.1) is 0 Å². The Balaban J connectivity index is 0.000000113. The van der Waals surface area contributed by atoms with Crippen molar-refractivity contribution in [3.05, 3.63) is 384 Å². The van der Waals surface area contributed by atoms with E-state index in [0.29, 0.717) is 140 Å². The normalized spacial score (nSPS) is 20.4. The summed E-state index contributed by atoms with van der Waals surface area (Å²) in [5.41, 5.74) is 22.5. The number of anilines is 5. The molecule has 8 unspecified atom stereocenters. The molecule has 4 aliphatic carbocycles. The van der Waals surface area contributed by atoms with Crippen molar-refractivity contribution in [1.82, 2.24) is 19.9 Å². The van der Waals surface area contributed by atoms with Crippen molar-refractivity contribution in [2.45, 2.75) is 91.3 Å². The van der Waals surface area contributed by atoms with Crippen LogP contribution in [0, 0.1) is 19.7 Å². The number of ether oxygens (including phenoxy) is 3. The zero-order chi connectivity index (χ0) is 100. The highest BCUT2D eigenvalue weighted by atomic mass is 35.5. The molecular formula is C115H88Cl4FN9O15. The summed E-state index contributed by atoms with van der Waals surface area (Å²) in [6.45, 7) is 5.93. The van der Waals surface area contributed by atoms with Crippen LogP contribution < -0.4 is 35.6 Å². The quantitative estimate of drug-likeness (QED) is 0.0373. The fraction of sp³-hybridized carbons (Fsp3) is 0.183. The summed E-state index contributed by atoms with van der Waals surface area (Å²) in [4.78, 5) is 118. The Kier molecular flexibility index (Phi) is 24.5. The summed E-state index contributed by atoms with van der Waals surface area (Å²) in [7, 11) is 2.96. The topological polar surface area (TPSA) is 348 Å². The van der Waals surface area contributed by atoms with E-state index in [1.807, 2.05) is 163 Å². The molecule has 8 atom stereocenters. The maximum absolute atomic E-state index is 15.1. The molecule has 4 amide bonds. The average molecular weight is 2000 g/mol. The van der Waals surface area contributed by atoms with E-state index in [0.717, 1.165) is 111 Å². The van der Waals surface area contributed by atoms with Crippen LogP contribution >= 0.6 is 46.4 Å². The molecule has 0 radical (unpaired) electrons. The Bertz CT molecular complexity index is 7880. The number of rotatable bonds is 19. The summed E-state index contributed by atoms with van der Waals surface area (Å²) in [6.07, 6.45) is 14.6. The number of pyridine rings is 4. The Morgan fingerprint density at radius 3 is 1.10 bits per heavy atom. The summed E-state index contributed by atoms with van der Waals surface area (Å²) in [5.74, 6) is -4.24. The van der Waals surface area contributed by atoms with Gasteiger partial charge < -0.3 is 60.8 Å². The number of aliphatic carboxylic acids is 1. The summed E-state index contributed by atoms with van der Waals surface area (Å²) < 4.78 is 31.0. The lowest BCUT2D eigenvalue weighted by atomic mass is 9.89. The molecule has 0 bridgehead atoms. The number of amides is 4. The number of nitrogens with zero attached hydrogens (tertiary/aromatic N) is 5. The number of methoxy groups -OCH3 is 2. The number of carbonyl (C=O) groups excluding carboxylic acids is 4. The highest BCUT2D eigenvalue weighted by Gasteiger charge is 2.69. The van der Waals surface area contributed by atoms with E-state index in [-0.39, 0.29) is 76.2 Å². The summed E-state index contributed by atoms with van der Waals surface area (Å²) in [6, 6.07) is 73.4. The fourth-order valence-electron chi connectivity index (χ4n) is 21.7. The van der Waals surface area contributed by atoms with E-state index >= 15 is 4.39 Å². The van der Waals surface area contributed by atoms with Gasteiger partial charge in [0.15, 0.2) is 0 Å².